The van der Waals surface area contributed by atoms with E-state index in [1.54, 1.807) is 0 Å². The van der Waals surface area contributed by atoms with Crippen molar-refractivity contribution in [3.63, 3.8) is 0 Å². The molecule has 0 fully saturated rings. The van der Waals surface area contributed by atoms with Crippen LogP contribution >= 0.6 is 0 Å². The summed E-state index contributed by atoms with van der Waals surface area (Å²) in [6.07, 6.45) is 54.7. The molecule has 1 atom stereocenters. The first-order valence-corrected chi connectivity index (χ1v) is 25.0. The smallest absolute Gasteiger partial charge is 0.306 e. The summed E-state index contributed by atoms with van der Waals surface area (Å²) in [7, 11) is 0. The lowest BCUT2D eigenvalue weighted by Crippen LogP contribution is -2.30. The van der Waals surface area contributed by atoms with Gasteiger partial charge >= 0.3 is 17.9 Å². The summed E-state index contributed by atoms with van der Waals surface area (Å²) < 4.78 is 16.6. The summed E-state index contributed by atoms with van der Waals surface area (Å²) in [6.45, 7) is 6.48. The van der Waals surface area contributed by atoms with Gasteiger partial charge in [0.2, 0.25) is 0 Å². The average molecular weight is 815 g/mol. The second kappa shape index (κ2) is 47.3. The van der Waals surface area contributed by atoms with Crippen LogP contribution in [0.15, 0.2) is 36.5 Å². The number of carbonyl (C=O) groups excluding carboxylic acids is 3. The molecule has 338 valence electrons. The number of carbonyl (C=O) groups is 3. The molecule has 0 spiro atoms. The first-order chi connectivity index (χ1) is 28.5. The number of allylic oxidation sites excluding steroid dienone is 6. The highest BCUT2D eigenvalue weighted by molar-refractivity contribution is 5.71. The van der Waals surface area contributed by atoms with Gasteiger partial charge in [-0.15, -0.1) is 0 Å². The Morgan fingerprint density at radius 3 is 1.03 bits per heavy atom. The van der Waals surface area contributed by atoms with E-state index in [4.69, 9.17) is 14.2 Å². The van der Waals surface area contributed by atoms with E-state index in [0.29, 0.717) is 19.3 Å². The third-order valence-electron chi connectivity index (χ3n) is 10.8. The van der Waals surface area contributed by atoms with E-state index in [2.05, 4.69) is 57.2 Å². The molecule has 0 heterocycles. The number of hydrogen-bond acceptors (Lipinski definition) is 6. The van der Waals surface area contributed by atoms with Crippen LogP contribution in [0, 0.1) is 0 Å². The van der Waals surface area contributed by atoms with Gasteiger partial charge in [0.15, 0.2) is 6.10 Å². The standard InChI is InChI=1S/C52H94O6/c1-4-7-10-13-15-17-19-20-21-22-23-24-25-26-27-28-29-30-31-32-33-35-36-39-42-45-51(54)57-48-49(47-56-50(53)44-41-38-12-9-6-3)58-52(55)46-43-40-37-34-18-16-14-11-8-5-2/h11,14,19-20,22-23,49H,4-10,12-13,15-18,21,24-48H2,1-3H3/b14-11-,20-19-,23-22-. The lowest BCUT2D eigenvalue weighted by Gasteiger charge is -2.18. The molecule has 0 saturated heterocycles. The normalized spacial score (nSPS) is 12.3. The Balaban J connectivity index is 4.00. The van der Waals surface area contributed by atoms with Crippen LogP contribution < -0.4 is 0 Å². The molecule has 0 N–H and O–H groups in total. The third-order valence-corrected chi connectivity index (χ3v) is 10.8. The predicted octanol–water partition coefficient (Wildman–Crippen LogP) is 16.1. The van der Waals surface area contributed by atoms with Crippen molar-refractivity contribution in [2.45, 2.75) is 264 Å². The Bertz CT molecular complexity index is 984. The van der Waals surface area contributed by atoms with Crippen LogP contribution in [0.1, 0.15) is 258 Å². The van der Waals surface area contributed by atoms with Gasteiger partial charge in [-0.25, -0.2) is 0 Å². The number of rotatable bonds is 45. The second-order valence-electron chi connectivity index (χ2n) is 16.7. The van der Waals surface area contributed by atoms with E-state index in [1.165, 1.54) is 128 Å². The highest BCUT2D eigenvalue weighted by Gasteiger charge is 2.19. The Labute approximate surface area is 359 Å². The molecule has 0 aliphatic carbocycles. The van der Waals surface area contributed by atoms with Gasteiger partial charge in [-0.3, -0.25) is 14.4 Å². The van der Waals surface area contributed by atoms with E-state index in [1.807, 2.05) is 0 Å². The van der Waals surface area contributed by atoms with Gasteiger partial charge in [0.1, 0.15) is 13.2 Å². The van der Waals surface area contributed by atoms with E-state index in [0.717, 1.165) is 89.9 Å². The number of hydrogen-bond donors (Lipinski definition) is 0. The van der Waals surface area contributed by atoms with Crippen molar-refractivity contribution in [2.75, 3.05) is 13.2 Å². The molecule has 0 aromatic rings. The van der Waals surface area contributed by atoms with E-state index in [9.17, 15) is 14.4 Å². The van der Waals surface area contributed by atoms with E-state index < -0.39 is 6.10 Å². The minimum atomic E-state index is -0.769. The summed E-state index contributed by atoms with van der Waals surface area (Å²) in [5.41, 5.74) is 0. The Morgan fingerprint density at radius 1 is 0.345 bits per heavy atom. The topological polar surface area (TPSA) is 78.9 Å². The van der Waals surface area contributed by atoms with Crippen molar-refractivity contribution >= 4 is 17.9 Å². The number of ether oxygens (including phenoxy) is 3. The summed E-state index contributed by atoms with van der Waals surface area (Å²) >= 11 is 0. The molecular formula is C52H94O6. The van der Waals surface area contributed by atoms with Gasteiger partial charge in [-0.05, 0) is 70.6 Å². The Hall–Kier alpha value is -2.37. The monoisotopic (exact) mass is 815 g/mol. The van der Waals surface area contributed by atoms with Crippen molar-refractivity contribution in [1.29, 1.82) is 0 Å². The molecule has 0 aromatic heterocycles. The van der Waals surface area contributed by atoms with Crippen LogP contribution in [-0.4, -0.2) is 37.2 Å². The molecule has 6 heteroatoms. The molecule has 58 heavy (non-hydrogen) atoms. The summed E-state index contributed by atoms with van der Waals surface area (Å²) in [6, 6.07) is 0. The zero-order chi connectivity index (χ0) is 42.3. The lowest BCUT2D eigenvalue weighted by molar-refractivity contribution is -0.167. The van der Waals surface area contributed by atoms with Crippen molar-refractivity contribution in [3.05, 3.63) is 36.5 Å². The van der Waals surface area contributed by atoms with Crippen molar-refractivity contribution in [3.8, 4) is 0 Å². The predicted molar refractivity (Wildman–Crippen MR) is 247 cm³/mol. The third kappa shape index (κ3) is 44.7. The van der Waals surface area contributed by atoms with Gasteiger partial charge < -0.3 is 14.2 Å². The molecule has 1 unspecified atom stereocenters. The summed E-state index contributed by atoms with van der Waals surface area (Å²) in [5, 5.41) is 0. The molecule has 0 amide bonds. The molecule has 6 nitrogen and oxygen atoms in total. The second-order valence-corrected chi connectivity index (χ2v) is 16.7. The maximum atomic E-state index is 12.6. The highest BCUT2D eigenvalue weighted by atomic mass is 16.6. The Kier molecular flexibility index (Phi) is 45.4. The van der Waals surface area contributed by atoms with Gasteiger partial charge in [0, 0.05) is 19.3 Å². The molecular weight excluding hydrogens is 721 g/mol. The van der Waals surface area contributed by atoms with Crippen LogP contribution in [0.25, 0.3) is 0 Å². The van der Waals surface area contributed by atoms with Gasteiger partial charge in [-0.1, -0.05) is 205 Å². The zero-order valence-electron chi connectivity index (χ0n) is 38.6. The number of unbranched alkanes of at least 4 members (excludes halogenated alkanes) is 28. The largest absolute Gasteiger partial charge is 0.462 e. The van der Waals surface area contributed by atoms with Crippen LogP contribution in [0.2, 0.25) is 0 Å². The fraction of sp³-hybridized carbons (Fsp3) is 0.827. The van der Waals surface area contributed by atoms with Crippen LogP contribution in [0.3, 0.4) is 0 Å². The van der Waals surface area contributed by atoms with Gasteiger partial charge in [-0.2, -0.15) is 0 Å². The first-order valence-electron chi connectivity index (χ1n) is 25.0. The average Bonchev–Trinajstić information content (AvgIpc) is 3.22. The van der Waals surface area contributed by atoms with E-state index >= 15 is 0 Å². The SMILES string of the molecule is CCC/C=C\CCCCCCCC(=O)OC(COC(=O)CCCCCCC)COC(=O)CCCCCCCCCCCCCCC/C=C\C/C=C\CCCCCCC. The van der Waals surface area contributed by atoms with Gasteiger partial charge in [0.05, 0.1) is 0 Å². The van der Waals surface area contributed by atoms with E-state index in [-0.39, 0.29) is 31.1 Å². The molecule has 0 aliphatic heterocycles. The van der Waals surface area contributed by atoms with Gasteiger partial charge in [0.25, 0.3) is 0 Å². The van der Waals surface area contributed by atoms with Crippen molar-refractivity contribution < 1.29 is 28.6 Å². The molecule has 0 aromatic carbocycles. The van der Waals surface area contributed by atoms with Crippen LogP contribution in [0.4, 0.5) is 0 Å². The Morgan fingerprint density at radius 2 is 0.655 bits per heavy atom. The fourth-order valence-electron chi connectivity index (χ4n) is 7.06. The van der Waals surface area contributed by atoms with Crippen molar-refractivity contribution in [1.82, 2.24) is 0 Å². The number of esters is 3. The minimum absolute atomic E-state index is 0.0747. The van der Waals surface area contributed by atoms with Crippen LogP contribution in [-0.2, 0) is 28.6 Å². The van der Waals surface area contributed by atoms with Crippen LogP contribution in [0.5, 0.6) is 0 Å². The van der Waals surface area contributed by atoms with Crippen molar-refractivity contribution in [2.24, 2.45) is 0 Å². The molecule has 0 bridgehead atoms. The molecule has 0 aliphatic rings. The maximum Gasteiger partial charge on any atom is 0.306 e. The zero-order valence-corrected chi connectivity index (χ0v) is 38.6. The quantitative estimate of drug-likeness (QED) is 0.0264. The summed E-state index contributed by atoms with van der Waals surface area (Å²) in [4.78, 5) is 37.5. The summed E-state index contributed by atoms with van der Waals surface area (Å²) in [5.74, 6) is -0.897. The fourth-order valence-corrected chi connectivity index (χ4v) is 7.06. The molecule has 0 saturated carbocycles. The molecule has 0 radical (unpaired) electrons. The lowest BCUT2D eigenvalue weighted by atomic mass is 10.0. The maximum absolute atomic E-state index is 12.6. The molecule has 0 rings (SSSR count). The first kappa shape index (κ1) is 55.6. The minimum Gasteiger partial charge on any atom is -0.462 e. The highest BCUT2D eigenvalue weighted by Crippen LogP contribution is 2.15.